The molecule has 25 heavy (non-hydrogen) atoms. The summed E-state index contributed by atoms with van der Waals surface area (Å²) in [6.45, 7) is 4.15. The number of guanidine groups is 1. The molecule has 1 heterocycles. The van der Waals surface area contributed by atoms with Crippen molar-refractivity contribution in [2.24, 2.45) is 4.99 Å². The Morgan fingerprint density at radius 1 is 1.36 bits per heavy atom. The highest BCUT2D eigenvalue weighted by atomic mass is 32.2. The SMILES string of the molecule is CCN(CCCNC(=NC)NCC1Cc2ccccc2O1)S(C)(=O)=O. The quantitative estimate of drug-likeness (QED) is 0.403. The summed E-state index contributed by atoms with van der Waals surface area (Å²) in [5.74, 6) is 1.65. The molecule has 1 unspecified atom stereocenters. The molecule has 0 fully saturated rings. The van der Waals surface area contributed by atoms with Crippen LogP contribution in [0.3, 0.4) is 0 Å². The minimum atomic E-state index is -3.13. The molecule has 1 aromatic rings. The predicted molar refractivity (Wildman–Crippen MR) is 101 cm³/mol. The number of rotatable bonds is 8. The first-order valence-corrected chi connectivity index (χ1v) is 10.4. The molecule has 0 saturated heterocycles. The van der Waals surface area contributed by atoms with Gasteiger partial charge in [0.2, 0.25) is 10.0 Å². The normalized spacial score (nSPS) is 17.3. The number of hydrogen-bond acceptors (Lipinski definition) is 4. The van der Waals surface area contributed by atoms with Crippen LogP contribution in [0.1, 0.15) is 18.9 Å². The Bertz CT molecular complexity index is 666. The summed E-state index contributed by atoms with van der Waals surface area (Å²) in [4.78, 5) is 4.19. The molecule has 0 amide bonds. The lowest BCUT2D eigenvalue weighted by atomic mass is 10.1. The van der Waals surface area contributed by atoms with Crippen LogP contribution in [0.5, 0.6) is 5.75 Å². The third kappa shape index (κ3) is 5.89. The van der Waals surface area contributed by atoms with Crippen LogP contribution in [-0.2, 0) is 16.4 Å². The minimum Gasteiger partial charge on any atom is -0.488 e. The third-order valence-electron chi connectivity index (χ3n) is 4.13. The van der Waals surface area contributed by atoms with Gasteiger partial charge in [-0.25, -0.2) is 12.7 Å². The van der Waals surface area contributed by atoms with E-state index in [1.54, 1.807) is 7.05 Å². The van der Waals surface area contributed by atoms with Crippen molar-refractivity contribution in [2.45, 2.75) is 25.9 Å². The fraction of sp³-hybridized carbons (Fsp3) is 0.588. The first-order valence-electron chi connectivity index (χ1n) is 8.58. The van der Waals surface area contributed by atoms with Crippen molar-refractivity contribution >= 4 is 16.0 Å². The molecule has 1 aliphatic rings. The van der Waals surface area contributed by atoms with Gasteiger partial charge in [-0.15, -0.1) is 0 Å². The molecule has 2 N–H and O–H groups in total. The Morgan fingerprint density at radius 3 is 2.76 bits per heavy atom. The molecule has 8 heteroatoms. The van der Waals surface area contributed by atoms with Crippen LogP contribution in [-0.4, -0.2) is 64.3 Å². The van der Waals surface area contributed by atoms with Crippen LogP contribution in [0.25, 0.3) is 0 Å². The van der Waals surface area contributed by atoms with E-state index in [0.717, 1.165) is 12.2 Å². The molecule has 0 bridgehead atoms. The average molecular weight is 369 g/mol. The van der Waals surface area contributed by atoms with Crippen molar-refractivity contribution in [2.75, 3.05) is 39.5 Å². The molecule has 1 atom stereocenters. The Balaban J connectivity index is 1.68. The summed E-state index contributed by atoms with van der Waals surface area (Å²) < 4.78 is 30.4. The predicted octanol–water partition coefficient (Wildman–Crippen LogP) is 0.827. The summed E-state index contributed by atoms with van der Waals surface area (Å²) in [6, 6.07) is 8.08. The lowest BCUT2D eigenvalue weighted by molar-refractivity contribution is 0.235. The van der Waals surface area contributed by atoms with E-state index in [9.17, 15) is 8.42 Å². The van der Waals surface area contributed by atoms with Crippen LogP contribution in [0, 0.1) is 0 Å². The Hall–Kier alpha value is -1.80. The van der Waals surface area contributed by atoms with Gasteiger partial charge in [0.25, 0.3) is 0 Å². The second kappa shape index (κ2) is 9.05. The van der Waals surface area contributed by atoms with E-state index in [0.29, 0.717) is 38.6 Å². The van der Waals surface area contributed by atoms with E-state index in [4.69, 9.17) is 4.74 Å². The minimum absolute atomic E-state index is 0.0942. The topological polar surface area (TPSA) is 83.0 Å². The van der Waals surface area contributed by atoms with Crippen molar-refractivity contribution in [3.63, 3.8) is 0 Å². The average Bonchev–Trinajstić information content (AvgIpc) is 2.99. The number of fused-ring (bicyclic) bond motifs is 1. The molecular weight excluding hydrogens is 340 g/mol. The zero-order chi connectivity index (χ0) is 18.3. The molecule has 1 aromatic carbocycles. The van der Waals surface area contributed by atoms with E-state index in [1.807, 2.05) is 25.1 Å². The van der Waals surface area contributed by atoms with E-state index >= 15 is 0 Å². The Labute approximate surface area is 150 Å². The van der Waals surface area contributed by atoms with Gasteiger partial charge in [-0.2, -0.15) is 0 Å². The smallest absolute Gasteiger partial charge is 0.211 e. The van der Waals surface area contributed by atoms with Crippen LogP contribution in [0.2, 0.25) is 0 Å². The Morgan fingerprint density at radius 2 is 2.12 bits per heavy atom. The summed E-state index contributed by atoms with van der Waals surface area (Å²) >= 11 is 0. The van der Waals surface area contributed by atoms with Gasteiger partial charge >= 0.3 is 0 Å². The van der Waals surface area contributed by atoms with Gasteiger partial charge in [-0.05, 0) is 18.1 Å². The second-order valence-electron chi connectivity index (χ2n) is 6.04. The highest BCUT2D eigenvalue weighted by Crippen LogP contribution is 2.27. The first-order chi connectivity index (χ1) is 11.9. The molecule has 0 saturated carbocycles. The summed E-state index contributed by atoms with van der Waals surface area (Å²) in [5.41, 5.74) is 1.23. The maximum atomic E-state index is 11.5. The second-order valence-corrected chi connectivity index (χ2v) is 8.02. The van der Waals surface area contributed by atoms with Crippen molar-refractivity contribution < 1.29 is 13.2 Å². The molecule has 1 aliphatic heterocycles. The number of hydrogen-bond donors (Lipinski definition) is 2. The van der Waals surface area contributed by atoms with Crippen LogP contribution >= 0.6 is 0 Å². The first kappa shape index (κ1) is 19.5. The maximum absolute atomic E-state index is 11.5. The Kier molecular flexibility index (Phi) is 7.07. The standard InChI is InChI=1S/C17H28N4O3S/c1-4-21(25(3,22)23)11-7-10-19-17(18-2)20-13-15-12-14-8-5-6-9-16(14)24-15/h5-6,8-9,15H,4,7,10-13H2,1-3H3,(H2,18,19,20). The molecule has 140 valence electrons. The van der Waals surface area contributed by atoms with Gasteiger partial charge in [0, 0.05) is 33.1 Å². The van der Waals surface area contributed by atoms with E-state index in [1.165, 1.54) is 16.1 Å². The lowest BCUT2D eigenvalue weighted by Gasteiger charge is -2.19. The fourth-order valence-electron chi connectivity index (χ4n) is 2.82. The van der Waals surface area contributed by atoms with Crippen LogP contribution < -0.4 is 15.4 Å². The van der Waals surface area contributed by atoms with E-state index < -0.39 is 10.0 Å². The largest absolute Gasteiger partial charge is 0.488 e. The number of ether oxygens (including phenoxy) is 1. The zero-order valence-corrected chi connectivity index (χ0v) is 16.0. The molecule has 0 aromatic heterocycles. The van der Waals surface area contributed by atoms with Gasteiger partial charge in [0.15, 0.2) is 5.96 Å². The summed E-state index contributed by atoms with van der Waals surface area (Å²) in [7, 11) is -1.41. The van der Waals surface area contributed by atoms with E-state index in [2.05, 4.69) is 21.7 Å². The fourth-order valence-corrected chi connectivity index (χ4v) is 3.75. The number of sulfonamides is 1. The monoisotopic (exact) mass is 368 g/mol. The molecule has 7 nitrogen and oxygen atoms in total. The number of nitrogens with one attached hydrogen (secondary N) is 2. The zero-order valence-electron chi connectivity index (χ0n) is 15.2. The third-order valence-corrected chi connectivity index (χ3v) is 5.51. The molecule has 0 radical (unpaired) electrons. The van der Waals surface area contributed by atoms with Gasteiger partial charge in [0.05, 0.1) is 12.8 Å². The molecule has 0 spiro atoms. The van der Waals surface area contributed by atoms with Crippen LogP contribution in [0.4, 0.5) is 0 Å². The van der Waals surface area contributed by atoms with Gasteiger partial charge in [-0.3, -0.25) is 4.99 Å². The maximum Gasteiger partial charge on any atom is 0.211 e. The number of para-hydroxylation sites is 1. The van der Waals surface area contributed by atoms with Gasteiger partial charge in [0.1, 0.15) is 11.9 Å². The van der Waals surface area contributed by atoms with Crippen molar-refractivity contribution in [3.05, 3.63) is 29.8 Å². The molecular formula is C17H28N4O3S. The highest BCUT2D eigenvalue weighted by molar-refractivity contribution is 7.88. The molecule has 2 rings (SSSR count). The number of aliphatic imine (C=N–C) groups is 1. The van der Waals surface area contributed by atoms with Crippen molar-refractivity contribution in [1.29, 1.82) is 0 Å². The van der Waals surface area contributed by atoms with Crippen molar-refractivity contribution in [1.82, 2.24) is 14.9 Å². The highest BCUT2D eigenvalue weighted by Gasteiger charge is 2.22. The van der Waals surface area contributed by atoms with Crippen molar-refractivity contribution in [3.8, 4) is 5.75 Å². The molecule has 0 aliphatic carbocycles. The lowest BCUT2D eigenvalue weighted by Crippen LogP contribution is -2.43. The van der Waals surface area contributed by atoms with Crippen LogP contribution in [0.15, 0.2) is 29.3 Å². The number of benzene rings is 1. The number of nitrogens with zero attached hydrogens (tertiary/aromatic N) is 2. The van der Waals surface area contributed by atoms with E-state index in [-0.39, 0.29) is 6.10 Å². The van der Waals surface area contributed by atoms with Gasteiger partial charge in [-0.1, -0.05) is 25.1 Å². The summed E-state index contributed by atoms with van der Waals surface area (Å²) in [5, 5.41) is 6.47. The van der Waals surface area contributed by atoms with Gasteiger partial charge < -0.3 is 15.4 Å². The summed E-state index contributed by atoms with van der Waals surface area (Å²) in [6.07, 6.45) is 2.94.